The van der Waals surface area contributed by atoms with Gasteiger partial charge in [-0.1, -0.05) is 12.1 Å². The van der Waals surface area contributed by atoms with Crippen LogP contribution in [0.3, 0.4) is 0 Å². The molecule has 0 radical (unpaired) electrons. The molecule has 1 fully saturated rings. The lowest BCUT2D eigenvalue weighted by Gasteiger charge is -2.20. The highest BCUT2D eigenvalue weighted by Crippen LogP contribution is 2.19. The summed E-state index contributed by atoms with van der Waals surface area (Å²) in [5.74, 6) is -0.0102. The van der Waals surface area contributed by atoms with Crippen LogP contribution in [0, 0.1) is 5.92 Å². The minimum atomic E-state index is -2.51. The topological polar surface area (TPSA) is 58.4 Å². The Hall–Kier alpha value is -1.50. The molecule has 0 bridgehead atoms. The van der Waals surface area contributed by atoms with E-state index in [4.69, 9.17) is 4.52 Å². The number of nitrogens with one attached hydrogen (secondary N) is 1. The van der Waals surface area contributed by atoms with Gasteiger partial charge in [0.15, 0.2) is 5.69 Å². The fourth-order valence-electron chi connectivity index (χ4n) is 2.52. The molecule has 0 aliphatic carbocycles. The van der Waals surface area contributed by atoms with Crippen LogP contribution >= 0.6 is 0 Å². The number of halogens is 2. The number of amides is 1. The molecule has 21 heavy (non-hydrogen) atoms. The zero-order valence-electron chi connectivity index (χ0n) is 12.5. The van der Waals surface area contributed by atoms with Crippen molar-refractivity contribution in [2.24, 2.45) is 5.92 Å². The molecule has 2 atom stereocenters. The predicted molar refractivity (Wildman–Crippen MR) is 73.3 cm³/mol. The second-order valence-electron chi connectivity index (χ2n) is 5.88. The number of aromatic nitrogens is 1. The van der Waals surface area contributed by atoms with Crippen LogP contribution in [0.15, 0.2) is 10.6 Å². The average molecular weight is 301 g/mol. The van der Waals surface area contributed by atoms with Gasteiger partial charge in [-0.25, -0.2) is 8.78 Å². The second-order valence-corrected chi connectivity index (χ2v) is 5.88. The van der Waals surface area contributed by atoms with Gasteiger partial charge < -0.3 is 9.84 Å². The molecule has 2 heterocycles. The van der Waals surface area contributed by atoms with E-state index in [2.05, 4.69) is 36.1 Å². The molecule has 1 aromatic rings. The molecule has 1 amide bonds. The van der Waals surface area contributed by atoms with Gasteiger partial charge in [0.1, 0.15) is 5.76 Å². The number of nitrogens with zero attached hydrogens (tertiary/aromatic N) is 2. The first-order valence-electron chi connectivity index (χ1n) is 7.15. The predicted octanol–water partition coefficient (Wildman–Crippen LogP) is 1.94. The zero-order valence-corrected chi connectivity index (χ0v) is 12.5. The maximum Gasteiger partial charge on any atom is 0.273 e. The first-order chi connectivity index (χ1) is 9.86. The Bertz CT molecular complexity index is 490. The molecule has 1 saturated heterocycles. The molecule has 1 aliphatic heterocycles. The Morgan fingerprint density at radius 2 is 2.24 bits per heavy atom. The van der Waals surface area contributed by atoms with E-state index in [-0.39, 0.29) is 23.4 Å². The number of rotatable bonds is 5. The van der Waals surface area contributed by atoms with Crippen molar-refractivity contribution in [3.05, 3.63) is 17.5 Å². The molecular formula is C14H21F2N3O2. The van der Waals surface area contributed by atoms with E-state index in [1.807, 2.05) is 0 Å². The van der Waals surface area contributed by atoms with Gasteiger partial charge in [0.2, 0.25) is 6.43 Å². The molecule has 7 heteroatoms. The van der Waals surface area contributed by atoms with Gasteiger partial charge in [-0.2, -0.15) is 0 Å². The molecule has 0 unspecified atom stereocenters. The molecule has 1 N–H and O–H groups in total. The van der Waals surface area contributed by atoms with Gasteiger partial charge in [0.25, 0.3) is 5.91 Å². The quantitative estimate of drug-likeness (QED) is 0.903. The third-order valence-electron chi connectivity index (χ3n) is 3.83. The van der Waals surface area contributed by atoms with Crippen molar-refractivity contribution in [2.75, 3.05) is 13.1 Å². The van der Waals surface area contributed by atoms with Crippen LogP contribution in [0.25, 0.3) is 0 Å². The van der Waals surface area contributed by atoms with Gasteiger partial charge in [-0.3, -0.25) is 9.69 Å². The van der Waals surface area contributed by atoms with Crippen LogP contribution in [-0.2, 0) is 6.42 Å². The Kier molecular flexibility index (Phi) is 4.92. The van der Waals surface area contributed by atoms with Gasteiger partial charge in [-0.15, -0.1) is 0 Å². The molecule has 5 nitrogen and oxygen atoms in total. The summed E-state index contributed by atoms with van der Waals surface area (Å²) < 4.78 is 29.2. The molecule has 0 saturated carbocycles. The first-order valence-corrected chi connectivity index (χ1v) is 7.15. The summed E-state index contributed by atoms with van der Waals surface area (Å²) in [5.41, 5.74) is 0.0563. The van der Waals surface area contributed by atoms with Crippen molar-refractivity contribution in [1.29, 1.82) is 0 Å². The Balaban J connectivity index is 1.94. The van der Waals surface area contributed by atoms with Crippen LogP contribution < -0.4 is 5.32 Å². The molecule has 0 spiro atoms. The standard InChI is InChI=1S/C14H21F2N3O2/c1-8(2)19-6-9(3)12(7-19)17-14(20)11-4-10(21-18-11)5-13(15)16/h4,8-9,12-13H,5-7H2,1-3H3,(H,17,20)/t9-,12+/m0/s1. The maximum absolute atomic E-state index is 12.2. The van der Waals surface area contributed by atoms with E-state index in [1.165, 1.54) is 6.07 Å². The van der Waals surface area contributed by atoms with Crippen LogP contribution in [-0.4, -0.2) is 47.6 Å². The fourth-order valence-corrected chi connectivity index (χ4v) is 2.52. The third-order valence-corrected chi connectivity index (χ3v) is 3.83. The fraction of sp³-hybridized carbons (Fsp3) is 0.714. The largest absolute Gasteiger partial charge is 0.360 e. The molecule has 0 aromatic carbocycles. The van der Waals surface area contributed by atoms with Gasteiger partial charge in [0, 0.05) is 31.2 Å². The zero-order chi connectivity index (χ0) is 15.6. The van der Waals surface area contributed by atoms with E-state index < -0.39 is 12.8 Å². The number of carbonyl (C=O) groups is 1. The van der Waals surface area contributed by atoms with Crippen LogP contribution in [0.1, 0.15) is 37.0 Å². The highest BCUT2D eigenvalue weighted by molar-refractivity contribution is 5.92. The minimum absolute atomic E-state index is 0.0263. The molecule has 1 aliphatic rings. The van der Waals surface area contributed by atoms with Gasteiger partial charge >= 0.3 is 0 Å². The monoisotopic (exact) mass is 301 g/mol. The maximum atomic E-state index is 12.2. The van der Waals surface area contributed by atoms with E-state index in [0.29, 0.717) is 12.0 Å². The summed E-state index contributed by atoms with van der Waals surface area (Å²) >= 11 is 0. The lowest BCUT2D eigenvalue weighted by atomic mass is 10.1. The summed E-state index contributed by atoms with van der Waals surface area (Å²) in [7, 11) is 0. The van der Waals surface area contributed by atoms with Crippen molar-refractivity contribution in [3.8, 4) is 0 Å². The SMILES string of the molecule is CC(C)N1C[C@H](C)[C@H](NC(=O)c2cc(CC(F)F)on2)C1. The van der Waals surface area contributed by atoms with Crippen LogP contribution in [0.5, 0.6) is 0 Å². The number of hydrogen-bond donors (Lipinski definition) is 1. The Morgan fingerprint density at radius 1 is 1.52 bits per heavy atom. The van der Waals surface area contributed by atoms with Gasteiger partial charge in [0.05, 0.1) is 6.42 Å². The molecular weight excluding hydrogens is 280 g/mol. The van der Waals surface area contributed by atoms with Crippen LogP contribution in [0.4, 0.5) is 8.78 Å². The Labute approximate surface area is 122 Å². The van der Waals surface area contributed by atoms with E-state index in [9.17, 15) is 13.6 Å². The lowest BCUT2D eigenvalue weighted by Crippen LogP contribution is -2.40. The normalized spacial score (nSPS) is 23.2. The van der Waals surface area contributed by atoms with E-state index in [1.54, 1.807) is 0 Å². The highest BCUT2D eigenvalue weighted by Gasteiger charge is 2.32. The van der Waals surface area contributed by atoms with E-state index in [0.717, 1.165) is 13.1 Å². The smallest absolute Gasteiger partial charge is 0.273 e. The number of alkyl halides is 2. The molecule has 2 rings (SSSR count). The minimum Gasteiger partial charge on any atom is -0.360 e. The molecule has 118 valence electrons. The summed E-state index contributed by atoms with van der Waals surface area (Å²) in [6.45, 7) is 8.03. The number of likely N-dealkylation sites (tertiary alicyclic amines) is 1. The van der Waals surface area contributed by atoms with Crippen molar-refractivity contribution in [3.63, 3.8) is 0 Å². The van der Waals surface area contributed by atoms with Crippen LogP contribution in [0.2, 0.25) is 0 Å². The van der Waals surface area contributed by atoms with Gasteiger partial charge in [-0.05, 0) is 19.8 Å². The highest BCUT2D eigenvalue weighted by atomic mass is 19.3. The summed E-state index contributed by atoms with van der Waals surface area (Å²) in [6, 6.07) is 1.75. The van der Waals surface area contributed by atoms with E-state index >= 15 is 0 Å². The first kappa shape index (κ1) is 15.9. The van der Waals surface area contributed by atoms with Crippen molar-refractivity contribution >= 4 is 5.91 Å². The van der Waals surface area contributed by atoms with Crippen molar-refractivity contribution < 1.29 is 18.1 Å². The number of carbonyl (C=O) groups excluding carboxylic acids is 1. The average Bonchev–Trinajstić information content (AvgIpc) is 2.96. The van der Waals surface area contributed by atoms with Crippen molar-refractivity contribution in [2.45, 2.75) is 45.7 Å². The summed E-state index contributed by atoms with van der Waals surface area (Å²) in [5, 5.41) is 6.46. The summed E-state index contributed by atoms with van der Waals surface area (Å²) in [6.07, 6.45) is -3.04. The molecule has 1 aromatic heterocycles. The summed E-state index contributed by atoms with van der Waals surface area (Å²) in [4.78, 5) is 14.4. The lowest BCUT2D eigenvalue weighted by molar-refractivity contribution is 0.0921. The second kappa shape index (κ2) is 6.51. The number of hydrogen-bond acceptors (Lipinski definition) is 4. The Morgan fingerprint density at radius 3 is 2.81 bits per heavy atom. The van der Waals surface area contributed by atoms with Crippen molar-refractivity contribution in [1.82, 2.24) is 15.4 Å². The third kappa shape index (κ3) is 4.00.